The Morgan fingerprint density at radius 2 is 0.703 bits per heavy atom. The Hall–Kier alpha value is -6.06. The monoisotopic (exact) mass is 889 g/mol. The van der Waals surface area contributed by atoms with Crippen LogP contribution in [0.2, 0.25) is 0 Å². The Morgan fingerprint density at radius 3 is 0.938 bits per heavy atom. The Labute approximate surface area is 380 Å². The van der Waals surface area contributed by atoms with Gasteiger partial charge in [0.25, 0.3) is 0 Å². The summed E-state index contributed by atoms with van der Waals surface area (Å²) in [6.45, 7) is 25.9. The van der Waals surface area contributed by atoms with Crippen molar-refractivity contribution in [1.29, 1.82) is 0 Å². The molecule has 0 aliphatic carbocycles. The normalized spacial score (nSPS) is 12.1. The Balaban J connectivity index is 1.29. The average molecular weight is 890 g/mol. The molecule has 5 aromatic carbocycles. The highest BCUT2D eigenvalue weighted by Gasteiger charge is 2.29. The molecule has 0 saturated carbocycles. The second-order valence-corrected chi connectivity index (χ2v) is 21.3. The van der Waals surface area contributed by atoms with Gasteiger partial charge in [-0.1, -0.05) is 107 Å². The lowest BCUT2D eigenvalue weighted by molar-refractivity contribution is -0.116. The van der Waals surface area contributed by atoms with Gasteiger partial charge in [0.1, 0.15) is 28.7 Å². The molecule has 340 valence electrons. The molecule has 64 heavy (non-hydrogen) atoms. The van der Waals surface area contributed by atoms with Crippen molar-refractivity contribution in [2.45, 2.75) is 125 Å². The molecule has 0 heterocycles. The highest BCUT2D eigenvalue weighted by molar-refractivity contribution is 7.43. The molecule has 0 aliphatic heterocycles. The minimum absolute atomic E-state index is 0.121. The number of phenols is 2. The summed E-state index contributed by atoms with van der Waals surface area (Å²) >= 11 is 0. The molecule has 0 spiro atoms. The maximum atomic E-state index is 13.3. The van der Waals surface area contributed by atoms with Crippen LogP contribution in [0.4, 0.5) is 17.1 Å². The summed E-state index contributed by atoms with van der Waals surface area (Å²) < 4.78 is 18.7. The molecular weight excluding hydrogens is 826 g/mol. The summed E-state index contributed by atoms with van der Waals surface area (Å²) in [4.78, 5) is 38.2. The molecule has 0 aromatic heterocycles. The van der Waals surface area contributed by atoms with Gasteiger partial charge in [-0.05, 0) is 128 Å². The Kier molecular flexibility index (Phi) is 14.8. The van der Waals surface area contributed by atoms with Gasteiger partial charge in [0.05, 0.1) is 12.8 Å². The molecule has 0 unspecified atom stereocenters. The van der Waals surface area contributed by atoms with Gasteiger partial charge in [0.15, 0.2) is 0 Å². The van der Waals surface area contributed by atoms with E-state index in [2.05, 4.69) is 16.0 Å². The van der Waals surface area contributed by atoms with Crippen molar-refractivity contribution in [1.82, 2.24) is 0 Å². The number of hydrogen-bond acceptors (Lipinski definition) is 8. The fraction of sp³-hybridized carbons (Fsp3) is 0.365. The fourth-order valence-electron chi connectivity index (χ4n) is 6.98. The third-order valence-electron chi connectivity index (χ3n) is 10.3. The van der Waals surface area contributed by atoms with Crippen molar-refractivity contribution in [3.63, 3.8) is 0 Å². The van der Waals surface area contributed by atoms with Crippen molar-refractivity contribution in [3.8, 4) is 28.7 Å². The van der Waals surface area contributed by atoms with E-state index in [-0.39, 0.29) is 63.7 Å². The third-order valence-corrected chi connectivity index (χ3v) is 11.4. The van der Waals surface area contributed by atoms with Gasteiger partial charge in [-0.15, -0.1) is 0 Å². The lowest BCUT2D eigenvalue weighted by Gasteiger charge is -2.28. The maximum absolute atomic E-state index is 13.3. The molecule has 0 aliphatic rings. The SMILES string of the molecule is CC(=O)Nc1ccc(OP(Oc2ccc(NC(=O)Cc3cc(C(C)(C)C)c(O)c(C(C)(C)C)c3)cc2)Oc2ccc(NC(=O)Cc3cc(C(C)(C)C)c(O)c(C(C)(C)C)c3)cc2)cc1. The predicted molar refractivity (Wildman–Crippen MR) is 258 cm³/mol. The predicted octanol–water partition coefficient (Wildman–Crippen LogP) is 12.4. The molecule has 0 saturated heterocycles. The first-order valence-corrected chi connectivity index (χ1v) is 22.5. The summed E-state index contributed by atoms with van der Waals surface area (Å²) in [6.07, 6.45) is 0.242. The molecule has 3 amide bonds. The average Bonchev–Trinajstić information content (AvgIpc) is 3.16. The van der Waals surface area contributed by atoms with Gasteiger partial charge in [-0.3, -0.25) is 14.4 Å². The van der Waals surface area contributed by atoms with Crippen LogP contribution in [0.25, 0.3) is 0 Å². The van der Waals surface area contributed by atoms with Crippen molar-refractivity contribution >= 4 is 43.4 Å². The van der Waals surface area contributed by atoms with E-state index < -0.39 is 8.60 Å². The molecule has 0 atom stereocenters. The summed E-state index contributed by atoms with van der Waals surface area (Å²) in [5.41, 5.74) is 5.26. The smallest absolute Gasteiger partial charge is 0.507 e. The van der Waals surface area contributed by atoms with E-state index in [1.165, 1.54) is 6.92 Å². The van der Waals surface area contributed by atoms with Gasteiger partial charge >= 0.3 is 8.60 Å². The lowest BCUT2D eigenvalue weighted by Crippen LogP contribution is -2.20. The quantitative estimate of drug-likeness (QED) is 0.0732. The zero-order chi connectivity index (χ0) is 47.4. The van der Waals surface area contributed by atoms with E-state index in [1.807, 2.05) is 107 Å². The maximum Gasteiger partial charge on any atom is 0.530 e. The first-order chi connectivity index (χ1) is 29.6. The molecule has 5 rings (SSSR count). The topological polar surface area (TPSA) is 155 Å². The van der Waals surface area contributed by atoms with Crippen molar-refractivity contribution in [2.75, 3.05) is 16.0 Å². The number of phenolic OH excluding ortho intramolecular Hbond substituents is 2. The molecule has 0 radical (unpaired) electrons. The number of hydrogen-bond donors (Lipinski definition) is 5. The number of aromatic hydroxyl groups is 2. The number of amides is 3. The van der Waals surface area contributed by atoms with E-state index in [9.17, 15) is 24.6 Å². The molecular formula is C52H64N3O8P. The van der Waals surface area contributed by atoms with E-state index in [1.54, 1.807) is 72.8 Å². The van der Waals surface area contributed by atoms with Crippen LogP contribution >= 0.6 is 8.60 Å². The van der Waals surface area contributed by atoms with E-state index in [0.29, 0.717) is 34.3 Å². The molecule has 11 nitrogen and oxygen atoms in total. The highest BCUT2D eigenvalue weighted by atomic mass is 31.2. The molecule has 5 N–H and O–H groups in total. The Morgan fingerprint density at radius 1 is 0.453 bits per heavy atom. The number of rotatable bonds is 13. The molecule has 5 aromatic rings. The molecule has 0 bridgehead atoms. The molecule has 0 fully saturated rings. The van der Waals surface area contributed by atoms with Crippen LogP contribution in [0, 0.1) is 0 Å². The van der Waals surface area contributed by atoms with E-state index in [0.717, 1.165) is 33.4 Å². The summed E-state index contributed by atoms with van der Waals surface area (Å²) in [5, 5.41) is 30.9. The molecule has 12 heteroatoms. The van der Waals surface area contributed by atoms with Crippen molar-refractivity contribution < 1.29 is 38.2 Å². The van der Waals surface area contributed by atoms with Crippen LogP contribution in [0.1, 0.15) is 123 Å². The van der Waals surface area contributed by atoms with Crippen molar-refractivity contribution in [2.24, 2.45) is 0 Å². The van der Waals surface area contributed by atoms with Crippen molar-refractivity contribution in [3.05, 3.63) is 130 Å². The van der Waals surface area contributed by atoms with E-state index >= 15 is 0 Å². The standard InChI is InChI=1S/C52H64N3O8P/c1-32(56)53-35-14-20-38(21-15-35)61-64(62-39-22-16-36(17-23-39)54-45(57)30-33-26-41(49(2,3)4)47(59)42(27-33)50(5,6)7)63-40-24-18-37(19-25-40)55-46(58)31-34-28-43(51(8,9)10)48(60)44(29-34)52(11,12)13/h14-29,59-60H,30-31H2,1-13H3,(H,53,56)(H,54,57)(H,55,58). The summed E-state index contributed by atoms with van der Waals surface area (Å²) in [7, 11) is -2.10. The highest BCUT2D eigenvalue weighted by Crippen LogP contribution is 2.44. The summed E-state index contributed by atoms with van der Waals surface area (Å²) in [6, 6.07) is 28.1. The van der Waals surface area contributed by atoms with Crippen LogP contribution in [0.3, 0.4) is 0 Å². The minimum Gasteiger partial charge on any atom is -0.507 e. The van der Waals surface area contributed by atoms with Gasteiger partial charge in [-0.2, -0.15) is 0 Å². The second-order valence-electron chi connectivity index (χ2n) is 20.3. The first kappa shape index (κ1) is 49.0. The number of benzene rings is 5. The van der Waals surface area contributed by atoms with Crippen LogP contribution in [-0.2, 0) is 48.9 Å². The lowest BCUT2D eigenvalue weighted by atomic mass is 9.78. The van der Waals surface area contributed by atoms with Gasteiger partial charge in [0, 0.05) is 24.0 Å². The number of carbonyl (C=O) groups is 3. The van der Waals surface area contributed by atoms with Gasteiger partial charge in [-0.25, -0.2) is 0 Å². The summed E-state index contributed by atoms with van der Waals surface area (Å²) in [5.74, 6) is 1.20. The third kappa shape index (κ3) is 13.5. The Bertz CT molecular complexity index is 2240. The zero-order valence-electron chi connectivity index (χ0n) is 39.4. The second kappa shape index (κ2) is 19.4. The van der Waals surface area contributed by atoms with Crippen LogP contribution in [-0.4, -0.2) is 27.9 Å². The number of anilines is 3. The van der Waals surface area contributed by atoms with Gasteiger partial charge < -0.3 is 39.7 Å². The number of carbonyl (C=O) groups excluding carboxylic acids is 3. The largest absolute Gasteiger partial charge is 0.530 e. The fourth-order valence-corrected chi connectivity index (χ4v) is 7.97. The first-order valence-electron chi connectivity index (χ1n) is 21.4. The van der Waals surface area contributed by atoms with Gasteiger partial charge in [0.2, 0.25) is 17.7 Å². The van der Waals surface area contributed by atoms with E-state index in [4.69, 9.17) is 13.6 Å². The van der Waals surface area contributed by atoms with Crippen LogP contribution in [0.5, 0.6) is 28.7 Å². The van der Waals surface area contributed by atoms with Crippen LogP contribution < -0.4 is 29.5 Å². The minimum atomic E-state index is -2.10. The number of nitrogens with one attached hydrogen (secondary N) is 3. The van der Waals surface area contributed by atoms with Crippen LogP contribution in [0.15, 0.2) is 97.1 Å². The zero-order valence-corrected chi connectivity index (χ0v) is 40.3.